The Morgan fingerprint density at radius 2 is 2.25 bits per heavy atom. The maximum Gasteiger partial charge on any atom is 0.264 e. The van der Waals surface area contributed by atoms with Crippen LogP contribution in [0, 0.1) is 0 Å². The Kier molecular flexibility index (Phi) is 3.49. The number of hydrogen-bond acceptors (Lipinski definition) is 3. The first-order valence-electron chi connectivity index (χ1n) is 6.92. The van der Waals surface area contributed by atoms with Gasteiger partial charge in [-0.1, -0.05) is 19.1 Å². The Hall–Kier alpha value is -1.81. The van der Waals surface area contributed by atoms with Crippen LogP contribution in [0.15, 0.2) is 29.6 Å². The van der Waals surface area contributed by atoms with E-state index in [-0.39, 0.29) is 5.91 Å². The van der Waals surface area contributed by atoms with E-state index < -0.39 is 0 Å². The van der Waals surface area contributed by atoms with Crippen molar-refractivity contribution in [3.8, 4) is 0 Å². The van der Waals surface area contributed by atoms with E-state index in [1.807, 2.05) is 28.5 Å². The number of aryl methyl sites for hydroxylation is 1. The van der Waals surface area contributed by atoms with Gasteiger partial charge in [0.2, 0.25) is 0 Å². The minimum Gasteiger partial charge on any atom is -0.398 e. The Morgan fingerprint density at radius 1 is 1.40 bits per heavy atom. The molecule has 0 bridgehead atoms. The number of carbonyl (C=O) groups excluding carboxylic acids is 1. The van der Waals surface area contributed by atoms with Gasteiger partial charge in [-0.25, -0.2) is 0 Å². The van der Waals surface area contributed by atoms with Gasteiger partial charge in [-0.2, -0.15) is 0 Å². The van der Waals surface area contributed by atoms with Crippen LogP contribution in [0.5, 0.6) is 0 Å². The van der Waals surface area contributed by atoms with Crippen LogP contribution in [-0.2, 0) is 19.4 Å². The molecule has 3 nitrogen and oxygen atoms in total. The summed E-state index contributed by atoms with van der Waals surface area (Å²) in [5.41, 5.74) is 10.4. The van der Waals surface area contributed by atoms with Gasteiger partial charge in [0.15, 0.2) is 0 Å². The molecule has 1 aromatic carbocycles. The molecule has 0 unspecified atom stereocenters. The second-order valence-corrected chi connectivity index (χ2v) is 6.01. The molecule has 1 amide bonds. The Labute approximate surface area is 123 Å². The van der Waals surface area contributed by atoms with Gasteiger partial charge in [0.05, 0.1) is 4.88 Å². The lowest BCUT2D eigenvalue weighted by Crippen LogP contribution is -2.36. The molecule has 2 aromatic rings. The van der Waals surface area contributed by atoms with Gasteiger partial charge in [0.1, 0.15) is 0 Å². The van der Waals surface area contributed by atoms with Crippen LogP contribution in [0.2, 0.25) is 0 Å². The van der Waals surface area contributed by atoms with E-state index in [2.05, 4.69) is 13.0 Å². The molecule has 0 saturated heterocycles. The average Bonchev–Trinajstić information content (AvgIpc) is 2.95. The van der Waals surface area contributed by atoms with Gasteiger partial charge < -0.3 is 10.6 Å². The van der Waals surface area contributed by atoms with E-state index in [1.165, 1.54) is 11.1 Å². The van der Waals surface area contributed by atoms with Crippen molar-refractivity contribution in [2.24, 2.45) is 0 Å². The van der Waals surface area contributed by atoms with E-state index in [4.69, 9.17) is 5.73 Å². The largest absolute Gasteiger partial charge is 0.398 e. The van der Waals surface area contributed by atoms with Crippen molar-refractivity contribution in [2.45, 2.75) is 26.3 Å². The van der Waals surface area contributed by atoms with Crippen LogP contribution >= 0.6 is 11.3 Å². The number of hydrogen-bond donors (Lipinski definition) is 1. The Balaban J connectivity index is 1.85. The molecule has 2 heterocycles. The molecule has 0 saturated carbocycles. The summed E-state index contributed by atoms with van der Waals surface area (Å²) in [4.78, 5) is 15.5. The van der Waals surface area contributed by atoms with E-state index in [0.29, 0.717) is 6.54 Å². The van der Waals surface area contributed by atoms with Gasteiger partial charge >= 0.3 is 0 Å². The topological polar surface area (TPSA) is 46.3 Å². The monoisotopic (exact) mass is 286 g/mol. The van der Waals surface area contributed by atoms with Crippen molar-refractivity contribution in [3.63, 3.8) is 0 Å². The summed E-state index contributed by atoms with van der Waals surface area (Å²) in [6.45, 7) is 3.51. The number of fused-ring (bicyclic) bond motifs is 1. The summed E-state index contributed by atoms with van der Waals surface area (Å²) in [6, 6.07) is 8.02. The molecule has 1 aromatic heterocycles. The summed E-state index contributed by atoms with van der Waals surface area (Å²) >= 11 is 1.54. The quantitative estimate of drug-likeness (QED) is 0.862. The minimum atomic E-state index is 0.157. The van der Waals surface area contributed by atoms with Crippen LogP contribution in [0.4, 0.5) is 5.69 Å². The normalized spacial score (nSPS) is 14.2. The van der Waals surface area contributed by atoms with E-state index in [1.54, 1.807) is 11.3 Å². The number of nitrogens with zero attached hydrogens (tertiary/aromatic N) is 1. The molecule has 0 spiro atoms. The third-order valence-electron chi connectivity index (χ3n) is 3.91. The molecule has 0 atom stereocenters. The zero-order valence-corrected chi connectivity index (χ0v) is 12.4. The maximum atomic E-state index is 12.6. The molecule has 20 heavy (non-hydrogen) atoms. The maximum absolute atomic E-state index is 12.6. The molecule has 0 fully saturated rings. The van der Waals surface area contributed by atoms with Crippen LogP contribution in [0.3, 0.4) is 0 Å². The summed E-state index contributed by atoms with van der Waals surface area (Å²) < 4.78 is 0. The molecule has 2 N–H and O–H groups in total. The lowest BCUT2D eigenvalue weighted by molar-refractivity contribution is 0.0739. The molecule has 4 heteroatoms. The fraction of sp³-hybridized carbons (Fsp3) is 0.312. The fourth-order valence-corrected chi connectivity index (χ4v) is 3.72. The summed E-state index contributed by atoms with van der Waals surface area (Å²) in [7, 11) is 0. The smallest absolute Gasteiger partial charge is 0.264 e. The molecule has 0 radical (unpaired) electrons. The van der Waals surface area contributed by atoms with Gasteiger partial charge in [-0.15, -0.1) is 11.3 Å². The molecule has 1 aliphatic rings. The highest BCUT2D eigenvalue weighted by Crippen LogP contribution is 2.27. The number of benzene rings is 1. The van der Waals surface area contributed by atoms with E-state index >= 15 is 0 Å². The summed E-state index contributed by atoms with van der Waals surface area (Å²) in [5, 5.41) is 2.00. The van der Waals surface area contributed by atoms with Gasteiger partial charge in [0.25, 0.3) is 5.91 Å². The van der Waals surface area contributed by atoms with Gasteiger partial charge in [0, 0.05) is 18.8 Å². The zero-order valence-electron chi connectivity index (χ0n) is 11.6. The first-order valence-corrected chi connectivity index (χ1v) is 7.80. The van der Waals surface area contributed by atoms with Crippen molar-refractivity contribution in [2.75, 3.05) is 12.3 Å². The molecule has 0 aliphatic carbocycles. The number of rotatable bonds is 2. The highest BCUT2D eigenvalue weighted by molar-refractivity contribution is 7.12. The SMILES string of the molecule is CCc1ccsc1C(=O)N1CCc2c(N)cccc2C1. The number of amides is 1. The highest BCUT2D eigenvalue weighted by Gasteiger charge is 2.24. The van der Waals surface area contributed by atoms with Crippen molar-refractivity contribution in [3.05, 3.63) is 51.2 Å². The molecule has 3 rings (SSSR count). The molecule has 1 aliphatic heterocycles. The average molecular weight is 286 g/mol. The standard InChI is InChI=1S/C16H18N2OS/c1-2-11-7-9-20-15(11)16(19)18-8-6-13-12(10-18)4-3-5-14(13)17/h3-5,7,9H,2,6,8,10,17H2,1H3. The fourth-order valence-electron chi connectivity index (χ4n) is 2.76. The second kappa shape index (κ2) is 5.29. The predicted octanol–water partition coefficient (Wildman–Crippen LogP) is 3.09. The van der Waals surface area contributed by atoms with Crippen LogP contribution in [0.1, 0.15) is 33.3 Å². The minimum absolute atomic E-state index is 0.157. The summed E-state index contributed by atoms with van der Waals surface area (Å²) in [5.74, 6) is 0.157. The lowest BCUT2D eigenvalue weighted by Gasteiger charge is -2.29. The van der Waals surface area contributed by atoms with Crippen LogP contribution in [-0.4, -0.2) is 17.4 Å². The summed E-state index contributed by atoms with van der Waals surface area (Å²) in [6.07, 6.45) is 1.75. The van der Waals surface area contributed by atoms with Crippen LogP contribution in [0.25, 0.3) is 0 Å². The molecule has 104 valence electrons. The number of anilines is 1. The van der Waals surface area contributed by atoms with Crippen LogP contribution < -0.4 is 5.73 Å². The Bertz CT molecular complexity index is 648. The number of nitrogens with two attached hydrogens (primary N) is 1. The third-order valence-corrected chi connectivity index (χ3v) is 4.86. The second-order valence-electron chi connectivity index (χ2n) is 5.09. The van der Waals surface area contributed by atoms with Crippen molar-refractivity contribution < 1.29 is 4.79 Å². The van der Waals surface area contributed by atoms with Crippen molar-refractivity contribution >= 4 is 22.9 Å². The van der Waals surface area contributed by atoms with Gasteiger partial charge in [-0.05, 0) is 47.0 Å². The van der Waals surface area contributed by atoms with Gasteiger partial charge in [-0.3, -0.25) is 4.79 Å². The first-order chi connectivity index (χ1) is 9.70. The lowest BCUT2D eigenvalue weighted by atomic mass is 9.98. The van der Waals surface area contributed by atoms with E-state index in [0.717, 1.165) is 35.5 Å². The number of carbonyl (C=O) groups is 1. The number of thiophene rings is 1. The van der Waals surface area contributed by atoms with Crippen molar-refractivity contribution in [1.82, 2.24) is 4.90 Å². The predicted molar refractivity (Wildman–Crippen MR) is 83.0 cm³/mol. The van der Waals surface area contributed by atoms with E-state index in [9.17, 15) is 4.79 Å². The highest BCUT2D eigenvalue weighted by atomic mass is 32.1. The molecular weight excluding hydrogens is 268 g/mol. The molecular formula is C16H18N2OS. The number of nitrogen functional groups attached to an aromatic ring is 1. The Morgan fingerprint density at radius 3 is 3.05 bits per heavy atom. The van der Waals surface area contributed by atoms with Crippen molar-refractivity contribution in [1.29, 1.82) is 0 Å². The first kappa shape index (κ1) is 13.2. The zero-order chi connectivity index (χ0) is 14.1. The third kappa shape index (κ3) is 2.20.